The molecule has 0 bridgehead atoms. The van der Waals surface area contributed by atoms with E-state index in [0.29, 0.717) is 12.5 Å². The molecule has 0 spiro atoms. The van der Waals surface area contributed by atoms with Crippen molar-refractivity contribution in [3.8, 4) is 0 Å². The van der Waals surface area contributed by atoms with Gasteiger partial charge in [0.2, 0.25) is 0 Å². The van der Waals surface area contributed by atoms with Crippen LogP contribution >= 0.6 is 11.6 Å². The van der Waals surface area contributed by atoms with Crippen molar-refractivity contribution in [1.82, 2.24) is 9.80 Å². The molecule has 164 valence electrons. The van der Waals surface area contributed by atoms with Crippen LogP contribution in [0.25, 0.3) is 0 Å². The molecule has 2 aliphatic rings. The summed E-state index contributed by atoms with van der Waals surface area (Å²) < 4.78 is 0. The van der Waals surface area contributed by atoms with Crippen LogP contribution in [-0.2, 0) is 6.54 Å². The summed E-state index contributed by atoms with van der Waals surface area (Å²) in [4.78, 5) is 23.6. The Morgan fingerprint density at radius 3 is 2.13 bits per heavy atom. The van der Waals surface area contributed by atoms with Crippen LogP contribution in [-0.4, -0.2) is 60.9 Å². The number of piperidine rings is 1. The number of likely N-dealkylation sites (tertiary alicyclic amines) is 1. The Kier molecular flexibility index (Phi) is 6.97. The summed E-state index contributed by atoms with van der Waals surface area (Å²) >= 11 is 5.98. The average Bonchev–Trinajstić information content (AvgIpc) is 2.83. The third kappa shape index (κ3) is 5.50. The molecule has 2 aliphatic heterocycles. The molecular formula is C24H30ClN5O. The Bertz CT molecular complexity index is 899. The summed E-state index contributed by atoms with van der Waals surface area (Å²) in [5.41, 5.74) is 9.24. The maximum atomic E-state index is 12.6. The number of nitrogens with two attached hydrogens (primary N) is 1. The fourth-order valence-corrected chi connectivity index (χ4v) is 4.28. The molecule has 0 aromatic heterocycles. The number of amides is 1. The zero-order valence-corrected chi connectivity index (χ0v) is 18.6. The van der Waals surface area contributed by atoms with Crippen LogP contribution in [0.5, 0.6) is 0 Å². The summed E-state index contributed by atoms with van der Waals surface area (Å²) in [5, 5.41) is 0.752. The number of anilines is 1. The molecule has 4 rings (SSSR count). The van der Waals surface area contributed by atoms with Crippen molar-refractivity contribution in [3.63, 3.8) is 0 Å². The van der Waals surface area contributed by atoms with Gasteiger partial charge in [0.25, 0.3) is 5.91 Å². The summed E-state index contributed by atoms with van der Waals surface area (Å²) in [6.07, 6.45) is 3.43. The molecule has 2 aromatic carbocycles. The van der Waals surface area contributed by atoms with Gasteiger partial charge in [0.05, 0.1) is 6.54 Å². The Balaban J connectivity index is 1.28. The Labute approximate surface area is 189 Å². The number of benzene rings is 2. The number of hydrogen-bond acceptors (Lipinski definition) is 3. The molecule has 6 nitrogen and oxygen atoms in total. The van der Waals surface area contributed by atoms with Gasteiger partial charge in [-0.25, -0.2) is 4.99 Å². The van der Waals surface area contributed by atoms with E-state index in [-0.39, 0.29) is 5.91 Å². The molecular weight excluding hydrogens is 410 g/mol. The first-order valence-electron chi connectivity index (χ1n) is 11.0. The van der Waals surface area contributed by atoms with Crippen molar-refractivity contribution >= 4 is 29.2 Å². The fraction of sp³-hybridized carbons (Fsp3) is 0.417. The lowest BCUT2D eigenvalue weighted by Gasteiger charge is -2.36. The minimum atomic E-state index is 0.132. The Hall–Kier alpha value is -2.73. The van der Waals surface area contributed by atoms with Crippen LogP contribution in [0.4, 0.5) is 5.69 Å². The summed E-state index contributed by atoms with van der Waals surface area (Å²) in [6.45, 7) is 5.71. The number of aliphatic imine (C=N–C) groups is 1. The second kappa shape index (κ2) is 10.1. The molecule has 2 heterocycles. The van der Waals surface area contributed by atoms with Gasteiger partial charge < -0.3 is 20.4 Å². The van der Waals surface area contributed by atoms with Crippen LogP contribution in [0.15, 0.2) is 53.5 Å². The maximum absolute atomic E-state index is 12.6. The van der Waals surface area contributed by atoms with E-state index in [1.807, 2.05) is 41.3 Å². The third-order valence-corrected chi connectivity index (χ3v) is 6.32. The zero-order valence-electron chi connectivity index (χ0n) is 17.8. The van der Waals surface area contributed by atoms with Crippen molar-refractivity contribution in [3.05, 3.63) is 64.7 Å². The monoisotopic (exact) mass is 439 g/mol. The predicted octanol–water partition coefficient (Wildman–Crippen LogP) is 3.60. The van der Waals surface area contributed by atoms with Gasteiger partial charge in [-0.2, -0.15) is 0 Å². The van der Waals surface area contributed by atoms with Gasteiger partial charge in [-0.15, -0.1) is 0 Å². The number of rotatable bonds is 4. The number of carbonyl (C=O) groups is 1. The van der Waals surface area contributed by atoms with Crippen molar-refractivity contribution in [1.29, 1.82) is 0 Å². The number of carbonyl (C=O) groups excluding carboxylic acids is 1. The van der Waals surface area contributed by atoms with E-state index < -0.39 is 0 Å². The van der Waals surface area contributed by atoms with Gasteiger partial charge in [-0.1, -0.05) is 23.7 Å². The first kappa shape index (κ1) is 21.5. The highest BCUT2D eigenvalue weighted by Crippen LogP contribution is 2.19. The first-order valence-corrected chi connectivity index (χ1v) is 11.4. The summed E-state index contributed by atoms with van der Waals surface area (Å²) in [5.74, 6) is 0.706. The highest BCUT2D eigenvalue weighted by molar-refractivity contribution is 6.30. The Morgan fingerprint density at radius 2 is 1.48 bits per heavy atom. The molecule has 2 aromatic rings. The van der Waals surface area contributed by atoms with Crippen molar-refractivity contribution in [2.75, 3.05) is 44.2 Å². The second-order valence-corrected chi connectivity index (χ2v) is 8.61. The topological polar surface area (TPSA) is 65.2 Å². The Morgan fingerprint density at radius 1 is 0.839 bits per heavy atom. The normalized spacial score (nSPS) is 17.7. The van der Waals surface area contributed by atoms with E-state index in [2.05, 4.69) is 26.9 Å². The molecule has 0 unspecified atom stereocenters. The van der Waals surface area contributed by atoms with E-state index in [1.165, 1.54) is 12.1 Å². The second-order valence-electron chi connectivity index (χ2n) is 8.17. The molecule has 0 aliphatic carbocycles. The van der Waals surface area contributed by atoms with E-state index in [0.717, 1.165) is 68.3 Å². The van der Waals surface area contributed by atoms with Crippen LogP contribution < -0.4 is 10.6 Å². The zero-order chi connectivity index (χ0) is 21.6. The smallest absolute Gasteiger partial charge is 0.253 e. The van der Waals surface area contributed by atoms with Crippen LogP contribution in [0.2, 0.25) is 5.02 Å². The van der Waals surface area contributed by atoms with E-state index in [4.69, 9.17) is 17.3 Å². The lowest BCUT2D eigenvalue weighted by molar-refractivity contribution is 0.0724. The van der Waals surface area contributed by atoms with Gasteiger partial charge in [0.1, 0.15) is 0 Å². The standard InChI is InChI=1S/C24H30ClN5O/c25-21-8-10-22(11-9-21)28-14-16-30(17-15-28)24(26)27-18-19-4-6-20(7-5-19)23(31)29-12-2-1-3-13-29/h4-11H,1-3,12-18H2,(H2,26,27). The van der Waals surface area contributed by atoms with Crippen LogP contribution in [0, 0.1) is 0 Å². The van der Waals surface area contributed by atoms with Gasteiger partial charge in [-0.05, 0) is 61.2 Å². The molecule has 1 amide bonds. The predicted molar refractivity (Wildman–Crippen MR) is 127 cm³/mol. The van der Waals surface area contributed by atoms with Gasteiger partial charge in [0, 0.05) is 55.5 Å². The lowest BCUT2D eigenvalue weighted by atomic mass is 10.1. The minimum absolute atomic E-state index is 0.132. The highest BCUT2D eigenvalue weighted by atomic mass is 35.5. The molecule has 0 atom stereocenters. The summed E-state index contributed by atoms with van der Waals surface area (Å²) in [7, 11) is 0. The van der Waals surface area contributed by atoms with Gasteiger partial charge >= 0.3 is 0 Å². The fourth-order valence-electron chi connectivity index (χ4n) is 4.15. The largest absolute Gasteiger partial charge is 0.370 e. The van der Waals surface area contributed by atoms with Gasteiger partial charge in [-0.3, -0.25) is 4.79 Å². The lowest BCUT2D eigenvalue weighted by Crippen LogP contribution is -2.51. The van der Waals surface area contributed by atoms with Crippen LogP contribution in [0.1, 0.15) is 35.2 Å². The quantitative estimate of drug-likeness (QED) is 0.584. The van der Waals surface area contributed by atoms with E-state index in [9.17, 15) is 4.79 Å². The number of guanidine groups is 1. The molecule has 2 fully saturated rings. The first-order chi connectivity index (χ1) is 15.1. The molecule has 0 radical (unpaired) electrons. The average molecular weight is 440 g/mol. The van der Waals surface area contributed by atoms with Crippen LogP contribution in [0.3, 0.4) is 0 Å². The van der Waals surface area contributed by atoms with Gasteiger partial charge in [0.15, 0.2) is 5.96 Å². The van der Waals surface area contributed by atoms with Crippen molar-refractivity contribution in [2.45, 2.75) is 25.8 Å². The molecule has 7 heteroatoms. The minimum Gasteiger partial charge on any atom is -0.370 e. The number of halogens is 1. The van der Waals surface area contributed by atoms with Crippen molar-refractivity contribution < 1.29 is 4.79 Å². The molecule has 0 saturated carbocycles. The molecule has 2 saturated heterocycles. The number of piperazine rings is 1. The number of nitrogens with zero attached hydrogens (tertiary/aromatic N) is 4. The maximum Gasteiger partial charge on any atom is 0.253 e. The summed E-state index contributed by atoms with van der Waals surface area (Å²) in [6, 6.07) is 15.7. The number of hydrogen-bond donors (Lipinski definition) is 1. The van der Waals surface area contributed by atoms with Crippen molar-refractivity contribution in [2.24, 2.45) is 10.7 Å². The molecule has 2 N–H and O–H groups in total. The van der Waals surface area contributed by atoms with E-state index in [1.54, 1.807) is 0 Å². The van der Waals surface area contributed by atoms with E-state index >= 15 is 0 Å². The SMILES string of the molecule is NC(=NCc1ccc(C(=O)N2CCCCC2)cc1)N1CCN(c2ccc(Cl)cc2)CC1. The highest BCUT2D eigenvalue weighted by Gasteiger charge is 2.19. The third-order valence-electron chi connectivity index (χ3n) is 6.06. The molecule has 31 heavy (non-hydrogen) atoms.